The molecule has 1 aromatic carbocycles. The minimum Gasteiger partial charge on any atom is -0.383 e. The maximum atomic E-state index is 4.31. The van der Waals surface area contributed by atoms with Gasteiger partial charge in [0.25, 0.3) is 0 Å². The van der Waals surface area contributed by atoms with E-state index in [2.05, 4.69) is 60.3 Å². The van der Waals surface area contributed by atoms with Crippen LogP contribution < -0.4 is 10.6 Å². The molecule has 116 valence electrons. The summed E-state index contributed by atoms with van der Waals surface area (Å²) in [5, 5.41) is 6.97. The highest BCUT2D eigenvalue weighted by atomic mass is 32.1. The lowest BCUT2D eigenvalue weighted by molar-refractivity contribution is 0.600. The lowest BCUT2D eigenvalue weighted by atomic mass is 10.1. The third-order valence-electron chi connectivity index (χ3n) is 4.25. The van der Waals surface area contributed by atoms with Gasteiger partial charge in [0.1, 0.15) is 0 Å². The Hall–Kier alpha value is -1.65. The summed E-state index contributed by atoms with van der Waals surface area (Å²) in [6, 6.07) is 9.12. The SMILES string of the molecule is C=C(NCc1ccc(-c2scnc2C)cc1)[C@@H]1CC(C)CN1. The maximum absolute atomic E-state index is 4.31. The van der Waals surface area contributed by atoms with E-state index in [1.807, 2.05) is 5.51 Å². The number of benzene rings is 1. The predicted molar refractivity (Wildman–Crippen MR) is 93.8 cm³/mol. The average molecular weight is 313 g/mol. The van der Waals surface area contributed by atoms with E-state index in [1.54, 1.807) is 11.3 Å². The van der Waals surface area contributed by atoms with E-state index < -0.39 is 0 Å². The maximum Gasteiger partial charge on any atom is 0.0801 e. The molecule has 2 atom stereocenters. The molecule has 2 aromatic rings. The molecule has 0 bridgehead atoms. The van der Waals surface area contributed by atoms with E-state index >= 15 is 0 Å². The molecule has 22 heavy (non-hydrogen) atoms. The summed E-state index contributed by atoms with van der Waals surface area (Å²) in [6.45, 7) is 10.4. The third-order valence-corrected chi connectivity index (χ3v) is 5.23. The Labute approximate surface area is 136 Å². The molecule has 0 saturated carbocycles. The Kier molecular flexibility index (Phi) is 4.60. The average Bonchev–Trinajstić information content (AvgIpc) is 3.14. The summed E-state index contributed by atoms with van der Waals surface area (Å²) < 4.78 is 0. The Balaban J connectivity index is 1.57. The van der Waals surface area contributed by atoms with Crippen LogP contribution in [0.25, 0.3) is 10.4 Å². The van der Waals surface area contributed by atoms with Gasteiger partial charge in [-0.05, 0) is 36.9 Å². The number of thiazole rings is 1. The molecule has 1 unspecified atom stereocenters. The molecule has 0 aliphatic carbocycles. The quantitative estimate of drug-likeness (QED) is 0.883. The van der Waals surface area contributed by atoms with Crippen LogP contribution in [-0.2, 0) is 6.54 Å². The van der Waals surface area contributed by atoms with Gasteiger partial charge in [0, 0.05) is 18.3 Å². The standard InChI is InChI=1S/C18H23N3S/c1-12-8-17(20-9-12)13(2)19-10-15-4-6-16(7-5-15)18-14(3)21-11-22-18/h4-7,11-12,17,19-20H,2,8-10H2,1,3H3/t12?,17-/m0/s1. The smallest absolute Gasteiger partial charge is 0.0801 e. The van der Waals surface area contributed by atoms with Crippen LogP contribution in [0.3, 0.4) is 0 Å². The van der Waals surface area contributed by atoms with E-state index in [9.17, 15) is 0 Å². The number of nitrogens with one attached hydrogen (secondary N) is 2. The van der Waals surface area contributed by atoms with Crippen molar-refractivity contribution in [1.29, 1.82) is 0 Å². The van der Waals surface area contributed by atoms with Crippen molar-refractivity contribution in [2.75, 3.05) is 6.54 Å². The lowest BCUT2D eigenvalue weighted by Gasteiger charge is -2.16. The van der Waals surface area contributed by atoms with Crippen LogP contribution in [0.5, 0.6) is 0 Å². The molecule has 1 aliphatic heterocycles. The summed E-state index contributed by atoms with van der Waals surface area (Å²) in [5.41, 5.74) is 6.63. The molecule has 0 spiro atoms. The largest absolute Gasteiger partial charge is 0.383 e. The molecule has 1 fully saturated rings. The van der Waals surface area contributed by atoms with Crippen LogP contribution >= 0.6 is 11.3 Å². The van der Waals surface area contributed by atoms with Crippen LogP contribution in [0.15, 0.2) is 42.1 Å². The van der Waals surface area contributed by atoms with Crippen molar-refractivity contribution >= 4 is 11.3 Å². The van der Waals surface area contributed by atoms with Gasteiger partial charge in [-0.25, -0.2) is 4.98 Å². The summed E-state index contributed by atoms with van der Waals surface area (Å²) in [5.74, 6) is 0.741. The zero-order valence-electron chi connectivity index (χ0n) is 13.2. The summed E-state index contributed by atoms with van der Waals surface area (Å²) in [4.78, 5) is 5.57. The van der Waals surface area contributed by atoms with Crippen LogP contribution in [0, 0.1) is 12.8 Å². The predicted octanol–water partition coefficient (Wildman–Crippen LogP) is 3.72. The van der Waals surface area contributed by atoms with Crippen molar-refractivity contribution in [2.45, 2.75) is 32.9 Å². The second-order valence-electron chi connectivity index (χ2n) is 6.14. The van der Waals surface area contributed by atoms with Gasteiger partial charge in [-0.3, -0.25) is 0 Å². The zero-order valence-corrected chi connectivity index (χ0v) is 14.0. The molecular formula is C18H23N3S. The Bertz CT molecular complexity index is 645. The van der Waals surface area contributed by atoms with E-state index in [0.717, 1.165) is 30.4 Å². The number of aryl methyl sites for hydroxylation is 1. The molecule has 3 nitrogen and oxygen atoms in total. The second kappa shape index (κ2) is 6.63. The fraction of sp³-hybridized carbons (Fsp3) is 0.389. The minimum atomic E-state index is 0.411. The van der Waals surface area contributed by atoms with Crippen LogP contribution in [0.4, 0.5) is 0 Å². The van der Waals surface area contributed by atoms with Crippen molar-refractivity contribution in [1.82, 2.24) is 15.6 Å². The first-order chi connectivity index (χ1) is 10.6. The highest BCUT2D eigenvalue weighted by molar-refractivity contribution is 7.13. The van der Waals surface area contributed by atoms with E-state index in [-0.39, 0.29) is 0 Å². The number of hydrogen-bond donors (Lipinski definition) is 2. The van der Waals surface area contributed by atoms with Gasteiger partial charge in [-0.2, -0.15) is 0 Å². The highest BCUT2D eigenvalue weighted by Crippen LogP contribution is 2.27. The zero-order chi connectivity index (χ0) is 15.5. The molecule has 0 radical (unpaired) electrons. The number of hydrogen-bond acceptors (Lipinski definition) is 4. The second-order valence-corrected chi connectivity index (χ2v) is 7.00. The summed E-state index contributed by atoms with van der Waals surface area (Å²) in [6.07, 6.45) is 1.18. The van der Waals surface area contributed by atoms with E-state index in [0.29, 0.717) is 6.04 Å². The third kappa shape index (κ3) is 3.39. The normalized spacial score (nSPS) is 21.0. The first kappa shape index (κ1) is 15.3. The lowest BCUT2D eigenvalue weighted by Crippen LogP contribution is -2.30. The summed E-state index contributed by atoms with van der Waals surface area (Å²) >= 11 is 1.69. The molecule has 1 aliphatic rings. The van der Waals surface area contributed by atoms with Crippen molar-refractivity contribution in [3.05, 3.63) is 53.3 Å². The van der Waals surface area contributed by atoms with Gasteiger partial charge >= 0.3 is 0 Å². The van der Waals surface area contributed by atoms with Gasteiger partial charge in [-0.15, -0.1) is 11.3 Å². The summed E-state index contributed by atoms with van der Waals surface area (Å²) in [7, 11) is 0. The van der Waals surface area contributed by atoms with Crippen molar-refractivity contribution in [3.63, 3.8) is 0 Å². The van der Waals surface area contributed by atoms with Crippen molar-refractivity contribution < 1.29 is 0 Å². The van der Waals surface area contributed by atoms with Crippen LogP contribution in [0.2, 0.25) is 0 Å². The molecule has 2 heterocycles. The minimum absolute atomic E-state index is 0.411. The Morgan fingerprint density at radius 1 is 1.41 bits per heavy atom. The molecule has 1 aromatic heterocycles. The van der Waals surface area contributed by atoms with Crippen molar-refractivity contribution in [2.24, 2.45) is 5.92 Å². The topological polar surface area (TPSA) is 37.0 Å². The van der Waals surface area contributed by atoms with Gasteiger partial charge in [-0.1, -0.05) is 37.8 Å². The fourth-order valence-electron chi connectivity index (χ4n) is 2.87. The first-order valence-electron chi connectivity index (χ1n) is 7.79. The molecule has 1 saturated heterocycles. The molecule has 0 amide bonds. The van der Waals surface area contributed by atoms with Gasteiger partial charge in [0.15, 0.2) is 0 Å². The van der Waals surface area contributed by atoms with Gasteiger partial charge < -0.3 is 10.6 Å². The Morgan fingerprint density at radius 3 is 2.77 bits per heavy atom. The van der Waals surface area contributed by atoms with Crippen LogP contribution in [-0.4, -0.2) is 17.6 Å². The molecule has 3 rings (SSSR count). The number of nitrogens with zero attached hydrogens (tertiary/aromatic N) is 1. The fourth-order valence-corrected chi connectivity index (χ4v) is 3.68. The molecule has 2 N–H and O–H groups in total. The van der Waals surface area contributed by atoms with Gasteiger partial charge in [0.05, 0.1) is 16.1 Å². The van der Waals surface area contributed by atoms with Crippen molar-refractivity contribution in [3.8, 4) is 10.4 Å². The number of rotatable bonds is 5. The molecule has 4 heteroatoms. The monoisotopic (exact) mass is 313 g/mol. The van der Waals surface area contributed by atoms with Gasteiger partial charge in [0.2, 0.25) is 0 Å². The first-order valence-corrected chi connectivity index (χ1v) is 8.67. The Morgan fingerprint density at radius 2 is 2.18 bits per heavy atom. The highest BCUT2D eigenvalue weighted by Gasteiger charge is 2.22. The number of aromatic nitrogens is 1. The van der Waals surface area contributed by atoms with E-state index in [1.165, 1.54) is 22.4 Å². The van der Waals surface area contributed by atoms with E-state index in [4.69, 9.17) is 0 Å². The van der Waals surface area contributed by atoms with Crippen LogP contribution in [0.1, 0.15) is 24.6 Å². The molecular weight excluding hydrogens is 290 g/mol.